The van der Waals surface area contributed by atoms with Gasteiger partial charge in [-0.05, 0) is 48.6 Å². The molecule has 0 unspecified atom stereocenters. The molecule has 0 spiro atoms. The fourth-order valence-corrected chi connectivity index (χ4v) is 3.64. The molecule has 3 rings (SSSR count). The number of benzene rings is 1. The molecule has 26 heavy (non-hydrogen) atoms. The maximum Gasteiger partial charge on any atom is 0.254 e. The fraction of sp³-hybridized carbons (Fsp3) is 0.400. The van der Waals surface area contributed by atoms with Gasteiger partial charge in [0.15, 0.2) is 0 Å². The molecule has 138 valence electrons. The number of carbonyl (C=O) groups excluding carboxylic acids is 1. The van der Waals surface area contributed by atoms with Crippen LogP contribution in [0.25, 0.3) is 11.1 Å². The molecule has 1 aliphatic heterocycles. The van der Waals surface area contributed by atoms with Crippen LogP contribution in [0.1, 0.15) is 43.2 Å². The number of aromatic nitrogens is 1. The number of carbonyl (C=O) groups is 1. The second-order valence-corrected chi connectivity index (χ2v) is 7.96. The largest absolute Gasteiger partial charge is 0.490 e. The van der Waals surface area contributed by atoms with Gasteiger partial charge in [0.1, 0.15) is 12.4 Å². The number of hydrogen-bond acceptors (Lipinski definition) is 4. The van der Waals surface area contributed by atoms with Crippen LogP contribution >= 0.6 is 11.6 Å². The quantitative estimate of drug-likeness (QED) is 0.807. The number of nitrogens with one attached hydrogen (secondary N) is 1. The van der Waals surface area contributed by atoms with Crippen molar-refractivity contribution < 1.29 is 9.53 Å². The summed E-state index contributed by atoms with van der Waals surface area (Å²) in [6, 6.07) is 7.37. The predicted molar refractivity (Wildman–Crippen MR) is 103 cm³/mol. The number of amides is 1. The van der Waals surface area contributed by atoms with Gasteiger partial charge in [0.25, 0.3) is 5.91 Å². The summed E-state index contributed by atoms with van der Waals surface area (Å²) < 4.78 is 5.86. The Morgan fingerprint density at radius 1 is 1.38 bits per heavy atom. The Balaban J connectivity index is 1.81. The highest BCUT2D eigenvalue weighted by atomic mass is 35.5. The average Bonchev–Trinajstić information content (AvgIpc) is 2.94. The maximum atomic E-state index is 12.1. The Labute approximate surface area is 158 Å². The van der Waals surface area contributed by atoms with Crippen LogP contribution < -0.4 is 15.8 Å². The van der Waals surface area contributed by atoms with Crippen molar-refractivity contribution in [3.8, 4) is 16.9 Å². The molecule has 3 N–H and O–H groups in total. The number of nitrogens with zero attached hydrogens (tertiary/aromatic N) is 1. The minimum absolute atomic E-state index is 0.105. The first kappa shape index (κ1) is 18.7. The summed E-state index contributed by atoms with van der Waals surface area (Å²) in [5, 5.41) is 3.29. The Morgan fingerprint density at radius 3 is 2.85 bits per heavy atom. The van der Waals surface area contributed by atoms with Gasteiger partial charge in [0.2, 0.25) is 0 Å². The van der Waals surface area contributed by atoms with Crippen molar-refractivity contribution in [3.05, 3.63) is 46.7 Å². The lowest BCUT2D eigenvalue weighted by Crippen LogP contribution is -2.43. The topological polar surface area (TPSA) is 77.2 Å². The molecular weight excluding hydrogens is 350 g/mol. The molecule has 1 amide bonds. The Morgan fingerprint density at radius 2 is 2.15 bits per heavy atom. The summed E-state index contributed by atoms with van der Waals surface area (Å²) in [6.45, 7) is 7.10. The molecule has 1 aromatic carbocycles. The van der Waals surface area contributed by atoms with E-state index in [2.05, 4.69) is 24.1 Å². The number of hydrogen-bond donors (Lipinski definition) is 2. The van der Waals surface area contributed by atoms with Crippen LogP contribution in [-0.4, -0.2) is 23.0 Å². The molecule has 5 nitrogen and oxygen atoms in total. The standard InChI is InChI=1S/C20H24ClN3O2/c1-12(2)9-20(3,22)11-26-17-5-4-13(8-15(17)21)14-6-7-23-16-10-24-19(25)18(14)16/h4-8,12H,9-11,22H2,1-3H3,(H,24,25)/t20-/m0/s1. The van der Waals surface area contributed by atoms with Crippen LogP contribution in [0.15, 0.2) is 30.5 Å². The first-order chi connectivity index (χ1) is 12.3. The number of ether oxygens (including phenoxy) is 1. The summed E-state index contributed by atoms with van der Waals surface area (Å²) in [6.07, 6.45) is 2.57. The van der Waals surface area contributed by atoms with Gasteiger partial charge in [-0.1, -0.05) is 31.5 Å². The summed E-state index contributed by atoms with van der Waals surface area (Å²) in [4.78, 5) is 16.4. The van der Waals surface area contributed by atoms with E-state index in [1.165, 1.54) is 0 Å². The molecule has 2 heterocycles. The third kappa shape index (κ3) is 4.00. The maximum absolute atomic E-state index is 12.1. The smallest absolute Gasteiger partial charge is 0.254 e. The van der Waals surface area contributed by atoms with Gasteiger partial charge in [0, 0.05) is 11.7 Å². The van der Waals surface area contributed by atoms with Gasteiger partial charge in [-0.15, -0.1) is 0 Å². The molecule has 2 aromatic rings. The summed E-state index contributed by atoms with van der Waals surface area (Å²) in [5.41, 5.74) is 8.93. The lowest BCUT2D eigenvalue weighted by molar-refractivity contribution is 0.0966. The lowest BCUT2D eigenvalue weighted by atomic mass is 9.93. The molecule has 0 bridgehead atoms. The normalized spacial score (nSPS) is 15.5. The molecule has 0 radical (unpaired) electrons. The molecule has 1 aromatic heterocycles. The van der Waals surface area contributed by atoms with Crippen LogP contribution in [0.3, 0.4) is 0 Å². The number of halogens is 1. The number of pyridine rings is 1. The summed E-state index contributed by atoms with van der Waals surface area (Å²) in [5.74, 6) is 0.976. The molecule has 1 atom stereocenters. The van der Waals surface area contributed by atoms with E-state index in [9.17, 15) is 4.79 Å². The zero-order chi connectivity index (χ0) is 18.9. The van der Waals surface area contributed by atoms with Crippen LogP contribution in [0.2, 0.25) is 5.02 Å². The Kier molecular flexibility index (Phi) is 5.21. The molecule has 0 saturated carbocycles. The van der Waals surface area contributed by atoms with Gasteiger partial charge in [0.05, 0.1) is 22.8 Å². The monoisotopic (exact) mass is 373 g/mol. The average molecular weight is 374 g/mol. The number of rotatable bonds is 6. The minimum atomic E-state index is -0.416. The summed E-state index contributed by atoms with van der Waals surface area (Å²) in [7, 11) is 0. The van der Waals surface area contributed by atoms with Gasteiger partial charge in [-0.3, -0.25) is 9.78 Å². The predicted octanol–water partition coefficient (Wildman–Crippen LogP) is 3.79. The van der Waals surface area contributed by atoms with E-state index < -0.39 is 5.54 Å². The second-order valence-electron chi connectivity index (χ2n) is 7.55. The van der Waals surface area contributed by atoms with Gasteiger partial charge >= 0.3 is 0 Å². The third-order valence-electron chi connectivity index (χ3n) is 4.35. The number of fused-ring (bicyclic) bond motifs is 1. The van der Waals surface area contributed by atoms with Crippen molar-refractivity contribution in [1.82, 2.24) is 10.3 Å². The summed E-state index contributed by atoms with van der Waals surface area (Å²) >= 11 is 6.42. The van der Waals surface area contributed by atoms with Crippen LogP contribution in [0.4, 0.5) is 0 Å². The van der Waals surface area contributed by atoms with Gasteiger partial charge in [-0.2, -0.15) is 0 Å². The van der Waals surface area contributed by atoms with E-state index in [-0.39, 0.29) is 5.91 Å². The van der Waals surface area contributed by atoms with Crippen molar-refractivity contribution in [2.75, 3.05) is 6.61 Å². The van der Waals surface area contributed by atoms with E-state index in [1.807, 2.05) is 31.2 Å². The zero-order valence-corrected chi connectivity index (χ0v) is 16.1. The van der Waals surface area contributed by atoms with Crippen LogP contribution in [-0.2, 0) is 6.54 Å². The molecule has 0 fully saturated rings. The van der Waals surface area contributed by atoms with Gasteiger partial charge < -0.3 is 15.8 Å². The highest BCUT2D eigenvalue weighted by Crippen LogP contribution is 2.34. The molecule has 6 heteroatoms. The van der Waals surface area contributed by atoms with E-state index in [0.29, 0.717) is 35.4 Å². The van der Waals surface area contributed by atoms with E-state index in [4.69, 9.17) is 22.1 Å². The molecule has 0 saturated heterocycles. The second kappa shape index (κ2) is 7.25. The third-order valence-corrected chi connectivity index (χ3v) is 4.64. The highest BCUT2D eigenvalue weighted by molar-refractivity contribution is 6.32. The Hall–Kier alpha value is -2.11. The molecule has 1 aliphatic rings. The van der Waals surface area contributed by atoms with Crippen LogP contribution in [0.5, 0.6) is 5.75 Å². The first-order valence-electron chi connectivity index (χ1n) is 8.74. The lowest BCUT2D eigenvalue weighted by Gasteiger charge is -2.26. The first-order valence-corrected chi connectivity index (χ1v) is 9.12. The van der Waals surface area contributed by atoms with E-state index in [0.717, 1.165) is 23.2 Å². The molecule has 0 aliphatic carbocycles. The van der Waals surface area contributed by atoms with Crippen molar-refractivity contribution in [1.29, 1.82) is 0 Å². The van der Waals surface area contributed by atoms with E-state index in [1.54, 1.807) is 6.20 Å². The van der Waals surface area contributed by atoms with Gasteiger partial charge in [-0.25, -0.2) is 0 Å². The number of nitrogens with two attached hydrogens (primary N) is 1. The zero-order valence-electron chi connectivity index (χ0n) is 15.3. The highest BCUT2D eigenvalue weighted by Gasteiger charge is 2.25. The van der Waals surface area contributed by atoms with Crippen LogP contribution in [0, 0.1) is 5.92 Å². The SMILES string of the molecule is CC(C)C[C@](C)(N)COc1ccc(-c2ccnc3c2C(=O)NC3)cc1Cl. The van der Waals surface area contributed by atoms with Crippen molar-refractivity contribution >= 4 is 17.5 Å². The Bertz CT molecular complexity index is 834. The molecular formula is C20H24ClN3O2. The fourth-order valence-electron chi connectivity index (χ4n) is 3.41. The minimum Gasteiger partial charge on any atom is -0.490 e. The van der Waals surface area contributed by atoms with Crippen molar-refractivity contribution in [2.24, 2.45) is 11.7 Å². The van der Waals surface area contributed by atoms with Crippen molar-refractivity contribution in [3.63, 3.8) is 0 Å². The van der Waals surface area contributed by atoms with E-state index >= 15 is 0 Å². The van der Waals surface area contributed by atoms with Crippen molar-refractivity contribution in [2.45, 2.75) is 39.3 Å².